The minimum atomic E-state index is -0.255. The molecular formula is C22H24N4O2. The molecule has 1 aromatic heterocycles. The molecule has 6 nitrogen and oxygen atoms in total. The highest BCUT2D eigenvalue weighted by Gasteiger charge is 2.18. The SMILES string of the molecule is Cc1cc(C)c(NC(=O)CN(C)C(=O)c2cnn(-c3ccccc3)c2)c(C)c1. The molecule has 0 aliphatic carbocycles. The smallest absolute Gasteiger partial charge is 0.257 e. The summed E-state index contributed by atoms with van der Waals surface area (Å²) in [4.78, 5) is 26.5. The number of carbonyl (C=O) groups is 2. The van der Waals surface area contributed by atoms with E-state index in [9.17, 15) is 9.59 Å². The molecule has 0 radical (unpaired) electrons. The molecule has 6 heteroatoms. The van der Waals surface area contributed by atoms with Crippen LogP contribution >= 0.6 is 0 Å². The number of benzene rings is 2. The number of anilines is 1. The summed E-state index contributed by atoms with van der Waals surface area (Å²) < 4.78 is 1.64. The number of aryl methyl sites for hydroxylation is 3. The zero-order valence-corrected chi connectivity index (χ0v) is 16.6. The van der Waals surface area contributed by atoms with Gasteiger partial charge in [0.25, 0.3) is 5.91 Å². The van der Waals surface area contributed by atoms with Crippen LogP contribution in [-0.2, 0) is 4.79 Å². The average molecular weight is 376 g/mol. The van der Waals surface area contributed by atoms with Crippen LogP contribution in [0.1, 0.15) is 27.0 Å². The van der Waals surface area contributed by atoms with Crippen molar-refractivity contribution < 1.29 is 9.59 Å². The van der Waals surface area contributed by atoms with Gasteiger partial charge in [-0.1, -0.05) is 35.9 Å². The minimum Gasteiger partial charge on any atom is -0.332 e. The third-order valence-corrected chi connectivity index (χ3v) is 4.52. The number of nitrogens with zero attached hydrogens (tertiary/aromatic N) is 3. The molecule has 144 valence electrons. The van der Waals surface area contributed by atoms with Gasteiger partial charge in [-0.05, 0) is 44.0 Å². The Morgan fingerprint density at radius 1 is 1.07 bits per heavy atom. The van der Waals surface area contributed by atoms with Crippen molar-refractivity contribution in [1.29, 1.82) is 0 Å². The number of rotatable bonds is 5. The maximum Gasteiger partial charge on any atom is 0.257 e. The van der Waals surface area contributed by atoms with Gasteiger partial charge in [0.15, 0.2) is 0 Å². The highest BCUT2D eigenvalue weighted by Crippen LogP contribution is 2.21. The molecule has 0 unspecified atom stereocenters. The normalized spacial score (nSPS) is 10.6. The molecule has 28 heavy (non-hydrogen) atoms. The summed E-state index contributed by atoms with van der Waals surface area (Å²) in [6.45, 7) is 5.90. The topological polar surface area (TPSA) is 67.2 Å². The Kier molecular flexibility index (Phi) is 5.59. The summed E-state index contributed by atoms with van der Waals surface area (Å²) >= 11 is 0. The lowest BCUT2D eigenvalue weighted by atomic mass is 10.1. The Labute approximate surface area is 164 Å². The van der Waals surface area contributed by atoms with Gasteiger partial charge in [0.2, 0.25) is 5.91 Å². The van der Waals surface area contributed by atoms with Crippen LogP contribution in [0.25, 0.3) is 5.69 Å². The first-order valence-electron chi connectivity index (χ1n) is 9.08. The molecule has 3 rings (SSSR count). The number of carbonyl (C=O) groups excluding carboxylic acids is 2. The van der Waals surface area contributed by atoms with E-state index < -0.39 is 0 Å². The summed E-state index contributed by atoms with van der Waals surface area (Å²) in [5.74, 6) is -0.490. The molecule has 0 spiro atoms. The molecule has 0 saturated carbocycles. The number of amides is 2. The lowest BCUT2D eigenvalue weighted by Crippen LogP contribution is -2.35. The molecule has 2 aromatic carbocycles. The van der Waals surface area contributed by atoms with E-state index in [1.54, 1.807) is 17.9 Å². The van der Waals surface area contributed by atoms with Crippen LogP contribution in [0.15, 0.2) is 54.9 Å². The fraction of sp³-hybridized carbons (Fsp3) is 0.227. The van der Waals surface area contributed by atoms with E-state index in [-0.39, 0.29) is 18.4 Å². The van der Waals surface area contributed by atoms with Crippen molar-refractivity contribution in [3.05, 3.63) is 77.1 Å². The van der Waals surface area contributed by atoms with Crippen LogP contribution in [0, 0.1) is 20.8 Å². The number of hydrogen-bond acceptors (Lipinski definition) is 3. The first kappa shape index (κ1) is 19.4. The van der Waals surface area contributed by atoms with E-state index in [2.05, 4.69) is 10.4 Å². The molecule has 1 N–H and O–H groups in total. The second-order valence-corrected chi connectivity index (χ2v) is 6.99. The number of aromatic nitrogens is 2. The average Bonchev–Trinajstić information content (AvgIpc) is 3.15. The van der Waals surface area contributed by atoms with Gasteiger partial charge in [0.1, 0.15) is 0 Å². The zero-order valence-electron chi connectivity index (χ0n) is 16.6. The van der Waals surface area contributed by atoms with E-state index in [0.717, 1.165) is 28.1 Å². The molecule has 2 amide bonds. The summed E-state index contributed by atoms with van der Waals surface area (Å²) in [7, 11) is 1.61. The quantitative estimate of drug-likeness (QED) is 0.741. The van der Waals surface area contributed by atoms with Crippen LogP contribution in [0.5, 0.6) is 0 Å². The second kappa shape index (κ2) is 8.08. The highest BCUT2D eigenvalue weighted by atomic mass is 16.2. The predicted molar refractivity (Wildman–Crippen MR) is 110 cm³/mol. The van der Waals surface area contributed by atoms with E-state index in [0.29, 0.717) is 5.56 Å². The second-order valence-electron chi connectivity index (χ2n) is 6.99. The number of para-hydroxylation sites is 1. The third kappa shape index (κ3) is 4.28. The van der Waals surface area contributed by atoms with Crippen molar-refractivity contribution in [3.8, 4) is 5.69 Å². The van der Waals surface area contributed by atoms with E-state index in [1.165, 1.54) is 11.1 Å². The Morgan fingerprint density at radius 2 is 1.71 bits per heavy atom. The molecule has 0 atom stereocenters. The standard InChI is InChI=1S/C22H24N4O2/c1-15-10-16(2)21(17(3)11-15)24-20(27)14-25(4)22(28)18-12-23-26(13-18)19-8-6-5-7-9-19/h5-13H,14H2,1-4H3,(H,24,27). The van der Waals surface area contributed by atoms with Crippen molar-refractivity contribution in [2.24, 2.45) is 0 Å². The number of hydrogen-bond donors (Lipinski definition) is 1. The maximum absolute atomic E-state index is 12.6. The fourth-order valence-corrected chi connectivity index (χ4v) is 3.22. The molecular weight excluding hydrogens is 352 g/mol. The lowest BCUT2D eigenvalue weighted by Gasteiger charge is -2.18. The van der Waals surface area contributed by atoms with Crippen LogP contribution in [-0.4, -0.2) is 40.1 Å². The number of nitrogens with one attached hydrogen (secondary N) is 1. The lowest BCUT2D eigenvalue weighted by molar-refractivity contribution is -0.116. The third-order valence-electron chi connectivity index (χ3n) is 4.52. The molecule has 3 aromatic rings. The van der Waals surface area contributed by atoms with E-state index in [4.69, 9.17) is 0 Å². The molecule has 1 heterocycles. The van der Waals surface area contributed by atoms with Gasteiger partial charge < -0.3 is 10.2 Å². The first-order chi connectivity index (χ1) is 13.3. The van der Waals surface area contributed by atoms with Crippen molar-refractivity contribution in [2.45, 2.75) is 20.8 Å². The summed E-state index contributed by atoms with van der Waals surface area (Å²) in [5, 5.41) is 7.16. The largest absolute Gasteiger partial charge is 0.332 e. The fourth-order valence-electron chi connectivity index (χ4n) is 3.22. The van der Waals surface area contributed by atoms with Gasteiger partial charge in [0, 0.05) is 18.9 Å². The first-order valence-corrected chi connectivity index (χ1v) is 9.08. The number of likely N-dealkylation sites (N-methyl/N-ethyl adjacent to an activating group) is 1. The van der Waals surface area contributed by atoms with Crippen molar-refractivity contribution >= 4 is 17.5 Å². The Hall–Kier alpha value is -3.41. The van der Waals surface area contributed by atoms with Gasteiger partial charge in [0.05, 0.1) is 24.0 Å². The molecule has 0 aliphatic rings. The van der Waals surface area contributed by atoms with Crippen molar-refractivity contribution in [2.75, 3.05) is 18.9 Å². The van der Waals surface area contributed by atoms with Crippen LogP contribution < -0.4 is 5.32 Å². The minimum absolute atomic E-state index is 0.0396. The van der Waals surface area contributed by atoms with Crippen LogP contribution in [0.2, 0.25) is 0 Å². The van der Waals surface area contributed by atoms with E-state index >= 15 is 0 Å². The zero-order chi connectivity index (χ0) is 20.3. The van der Waals surface area contributed by atoms with Gasteiger partial charge in [-0.25, -0.2) is 4.68 Å². The Bertz CT molecular complexity index is 985. The summed E-state index contributed by atoms with van der Waals surface area (Å²) in [5.41, 5.74) is 5.26. The van der Waals surface area contributed by atoms with E-state index in [1.807, 2.05) is 63.2 Å². The Balaban J connectivity index is 1.66. The molecule has 0 bridgehead atoms. The molecule has 0 fully saturated rings. The summed E-state index contributed by atoms with van der Waals surface area (Å²) in [6, 6.07) is 13.6. The van der Waals surface area contributed by atoms with Gasteiger partial charge in [-0.2, -0.15) is 5.10 Å². The van der Waals surface area contributed by atoms with Crippen molar-refractivity contribution in [3.63, 3.8) is 0 Å². The predicted octanol–water partition coefficient (Wildman–Crippen LogP) is 3.51. The van der Waals surface area contributed by atoms with Crippen molar-refractivity contribution in [1.82, 2.24) is 14.7 Å². The van der Waals surface area contributed by atoms with Crippen LogP contribution in [0.3, 0.4) is 0 Å². The monoisotopic (exact) mass is 376 g/mol. The van der Waals surface area contributed by atoms with Gasteiger partial charge >= 0.3 is 0 Å². The maximum atomic E-state index is 12.6. The Morgan fingerprint density at radius 3 is 2.36 bits per heavy atom. The molecule has 0 saturated heterocycles. The van der Waals surface area contributed by atoms with Gasteiger partial charge in [-0.3, -0.25) is 9.59 Å². The highest BCUT2D eigenvalue weighted by molar-refractivity contribution is 5.99. The summed E-state index contributed by atoms with van der Waals surface area (Å²) in [6.07, 6.45) is 3.18. The van der Waals surface area contributed by atoms with Crippen LogP contribution in [0.4, 0.5) is 5.69 Å². The molecule has 0 aliphatic heterocycles. The van der Waals surface area contributed by atoms with Gasteiger partial charge in [-0.15, -0.1) is 0 Å².